The van der Waals surface area contributed by atoms with Gasteiger partial charge in [0.15, 0.2) is 0 Å². The molecule has 0 radical (unpaired) electrons. The minimum atomic E-state index is -0.195. The van der Waals surface area contributed by atoms with Gasteiger partial charge < -0.3 is 4.90 Å². The van der Waals surface area contributed by atoms with Crippen molar-refractivity contribution in [3.8, 4) is 33.4 Å². The molecule has 0 bridgehead atoms. The fourth-order valence-corrected chi connectivity index (χ4v) is 13.2. The van der Waals surface area contributed by atoms with Crippen LogP contribution in [0.25, 0.3) is 76.5 Å². The highest BCUT2D eigenvalue weighted by Gasteiger charge is 2.42. The molecule has 0 amide bonds. The van der Waals surface area contributed by atoms with Crippen LogP contribution in [-0.2, 0) is 21.7 Å². The zero-order valence-electron chi connectivity index (χ0n) is 38.9. The fraction of sp³-hybridized carbons (Fsp3) is 0.219. The first-order valence-electron chi connectivity index (χ1n) is 23.8. The van der Waals surface area contributed by atoms with Gasteiger partial charge in [-0.2, -0.15) is 0 Å². The average Bonchev–Trinajstić information content (AvgIpc) is 3.68. The standard InChI is InChI=1S/C64H55N/c1-61(2)33-34-62(3,4)60-46(24-16-28-52(60)61)49-36-48-42-21-10-12-27-51(42)64(7,8)54(48)37-56(49)65(40-30-31-43-41-20-9-11-26-50(41)63(5,6)53(43)35-40)55-32-29-39-19-14-23-45-44-22-13-17-38-18-15-25-47(57(38)44)59(55)58(39)45/h9-32,35-37H,33-34H2,1-8H3. The molecule has 0 saturated heterocycles. The lowest BCUT2D eigenvalue weighted by Crippen LogP contribution is -2.34. The van der Waals surface area contributed by atoms with Gasteiger partial charge in [0.25, 0.3) is 0 Å². The predicted octanol–water partition coefficient (Wildman–Crippen LogP) is 17.8. The Morgan fingerprint density at radius 3 is 1.58 bits per heavy atom. The van der Waals surface area contributed by atoms with Gasteiger partial charge in [-0.3, -0.25) is 0 Å². The van der Waals surface area contributed by atoms with E-state index in [1.54, 1.807) is 0 Å². The van der Waals surface area contributed by atoms with E-state index < -0.39 is 0 Å². The summed E-state index contributed by atoms with van der Waals surface area (Å²) in [5.41, 5.74) is 19.9. The fourth-order valence-electron chi connectivity index (χ4n) is 13.2. The highest BCUT2D eigenvalue weighted by molar-refractivity contribution is 6.35. The maximum absolute atomic E-state index is 2.69. The maximum Gasteiger partial charge on any atom is 0.0547 e. The molecule has 0 aliphatic heterocycles. The van der Waals surface area contributed by atoms with Crippen molar-refractivity contribution in [2.24, 2.45) is 0 Å². The van der Waals surface area contributed by atoms with E-state index in [-0.39, 0.29) is 21.7 Å². The van der Waals surface area contributed by atoms with Crippen molar-refractivity contribution in [2.45, 2.75) is 89.9 Å². The van der Waals surface area contributed by atoms with Crippen LogP contribution in [0.2, 0.25) is 0 Å². The van der Waals surface area contributed by atoms with Crippen LogP contribution in [0.1, 0.15) is 102 Å². The first kappa shape index (κ1) is 38.7. The molecule has 0 unspecified atom stereocenters. The number of fused-ring (bicyclic) bond motifs is 9. The van der Waals surface area contributed by atoms with Crippen LogP contribution in [0.3, 0.4) is 0 Å². The van der Waals surface area contributed by atoms with Gasteiger partial charge in [0, 0.05) is 27.5 Å². The van der Waals surface area contributed by atoms with Gasteiger partial charge in [-0.1, -0.05) is 189 Å². The van der Waals surface area contributed by atoms with Crippen LogP contribution in [-0.4, -0.2) is 0 Å². The van der Waals surface area contributed by atoms with Crippen LogP contribution in [0, 0.1) is 0 Å². The topological polar surface area (TPSA) is 3.24 Å². The molecule has 1 heteroatoms. The molecule has 0 heterocycles. The lowest BCUT2D eigenvalue weighted by atomic mass is 9.61. The van der Waals surface area contributed by atoms with Gasteiger partial charge in [-0.25, -0.2) is 0 Å². The Balaban J connectivity index is 1.21. The van der Waals surface area contributed by atoms with Crippen molar-refractivity contribution in [3.63, 3.8) is 0 Å². The molecule has 0 atom stereocenters. The maximum atomic E-state index is 2.69. The molecule has 0 fully saturated rings. The Labute approximate surface area is 383 Å². The van der Waals surface area contributed by atoms with E-state index >= 15 is 0 Å². The second-order valence-corrected chi connectivity index (χ2v) is 21.9. The van der Waals surface area contributed by atoms with E-state index in [9.17, 15) is 0 Å². The molecule has 65 heavy (non-hydrogen) atoms. The average molecular weight is 838 g/mol. The summed E-state index contributed by atoms with van der Waals surface area (Å²) in [7, 11) is 0. The van der Waals surface area contributed by atoms with Gasteiger partial charge in [0.05, 0.1) is 11.4 Å². The Bertz CT molecular complexity index is 3660. The second-order valence-electron chi connectivity index (χ2n) is 21.9. The summed E-state index contributed by atoms with van der Waals surface area (Å²) in [5.74, 6) is 0. The summed E-state index contributed by atoms with van der Waals surface area (Å²) in [4.78, 5) is 2.69. The van der Waals surface area contributed by atoms with Gasteiger partial charge in [0.1, 0.15) is 0 Å². The number of hydrogen-bond acceptors (Lipinski definition) is 1. The number of hydrogen-bond donors (Lipinski definition) is 0. The molecule has 13 rings (SSSR count). The summed E-state index contributed by atoms with van der Waals surface area (Å²) in [6.45, 7) is 19.6. The molecule has 0 spiro atoms. The molecule has 3 aliphatic rings. The monoisotopic (exact) mass is 837 g/mol. The Morgan fingerprint density at radius 1 is 0.338 bits per heavy atom. The number of benzene rings is 10. The van der Waals surface area contributed by atoms with E-state index in [4.69, 9.17) is 0 Å². The molecule has 10 aromatic carbocycles. The normalized spacial score (nSPS) is 17.0. The van der Waals surface area contributed by atoms with E-state index in [1.165, 1.54) is 133 Å². The summed E-state index contributed by atoms with van der Waals surface area (Å²) in [6.07, 6.45) is 2.32. The second kappa shape index (κ2) is 13.0. The zero-order chi connectivity index (χ0) is 44.4. The van der Waals surface area contributed by atoms with Crippen molar-refractivity contribution in [1.82, 2.24) is 0 Å². The van der Waals surface area contributed by atoms with Crippen LogP contribution in [0.4, 0.5) is 17.1 Å². The van der Waals surface area contributed by atoms with E-state index in [0.29, 0.717) is 0 Å². The third-order valence-electron chi connectivity index (χ3n) is 16.6. The van der Waals surface area contributed by atoms with Crippen LogP contribution in [0.5, 0.6) is 0 Å². The smallest absolute Gasteiger partial charge is 0.0547 e. The Morgan fingerprint density at radius 2 is 0.877 bits per heavy atom. The highest BCUT2D eigenvalue weighted by atomic mass is 15.1. The molecule has 3 aliphatic carbocycles. The highest BCUT2D eigenvalue weighted by Crippen LogP contribution is 2.59. The molecular formula is C64H55N. The van der Waals surface area contributed by atoms with Gasteiger partial charge in [0.2, 0.25) is 0 Å². The van der Waals surface area contributed by atoms with Crippen molar-refractivity contribution >= 4 is 60.2 Å². The van der Waals surface area contributed by atoms with E-state index in [2.05, 4.69) is 224 Å². The van der Waals surface area contributed by atoms with Crippen LogP contribution in [0.15, 0.2) is 164 Å². The molecule has 0 aromatic heterocycles. The largest absolute Gasteiger partial charge is 0.309 e. The van der Waals surface area contributed by atoms with Crippen molar-refractivity contribution in [1.29, 1.82) is 0 Å². The summed E-state index contributed by atoms with van der Waals surface area (Å²) >= 11 is 0. The minimum absolute atomic E-state index is 0.00763. The van der Waals surface area contributed by atoms with E-state index in [0.717, 1.165) is 6.42 Å². The van der Waals surface area contributed by atoms with Crippen LogP contribution < -0.4 is 4.90 Å². The summed E-state index contributed by atoms with van der Waals surface area (Å²) in [5, 5.41) is 10.4. The predicted molar refractivity (Wildman–Crippen MR) is 278 cm³/mol. The third kappa shape index (κ3) is 5.16. The molecule has 1 nitrogen and oxygen atoms in total. The quantitative estimate of drug-likeness (QED) is 0.126. The first-order chi connectivity index (χ1) is 31.3. The van der Waals surface area contributed by atoms with Crippen molar-refractivity contribution in [2.75, 3.05) is 4.90 Å². The lowest BCUT2D eigenvalue weighted by molar-refractivity contribution is 0.333. The Hall–Kier alpha value is -6.70. The number of rotatable bonds is 4. The van der Waals surface area contributed by atoms with E-state index in [1.807, 2.05) is 0 Å². The molecule has 0 saturated carbocycles. The SMILES string of the molecule is CC1(C)CCC(C)(C)c2c(-c3cc4c(cc3N(c3ccc5c(c3)C(C)(C)c3ccccc3-5)c3ccc5cccc6c7cccc8cccc(c3c56)c87)C(C)(C)c3ccccc3-4)cccc21. The molecule has 316 valence electrons. The Kier molecular flexibility index (Phi) is 7.73. The lowest BCUT2D eigenvalue weighted by Gasteiger charge is -2.43. The van der Waals surface area contributed by atoms with Crippen LogP contribution >= 0.6 is 0 Å². The molecule has 0 N–H and O–H groups in total. The summed E-state index contributed by atoms with van der Waals surface area (Å²) < 4.78 is 0. The van der Waals surface area contributed by atoms with Crippen molar-refractivity contribution in [3.05, 3.63) is 197 Å². The number of anilines is 3. The molecule has 10 aromatic rings. The minimum Gasteiger partial charge on any atom is -0.309 e. The summed E-state index contributed by atoms with van der Waals surface area (Å²) in [6, 6.07) is 63.5. The first-order valence-corrected chi connectivity index (χ1v) is 23.8. The third-order valence-corrected chi connectivity index (χ3v) is 16.6. The van der Waals surface area contributed by atoms with Gasteiger partial charge in [-0.15, -0.1) is 0 Å². The van der Waals surface area contributed by atoms with Gasteiger partial charge >= 0.3 is 0 Å². The van der Waals surface area contributed by atoms with Gasteiger partial charge in [-0.05, 0) is 153 Å². The van der Waals surface area contributed by atoms with Crippen molar-refractivity contribution < 1.29 is 0 Å². The zero-order valence-corrected chi connectivity index (χ0v) is 38.9. The number of nitrogens with zero attached hydrogens (tertiary/aromatic N) is 1. The molecular weight excluding hydrogens is 783 g/mol.